The third-order valence-electron chi connectivity index (χ3n) is 3.78. The van der Waals surface area contributed by atoms with Gasteiger partial charge in [0.25, 0.3) is 5.91 Å². The van der Waals surface area contributed by atoms with Crippen molar-refractivity contribution < 1.29 is 14.7 Å². The lowest BCUT2D eigenvalue weighted by atomic mass is 9.99. The molecule has 108 valence electrons. The number of hydrogen-bond acceptors (Lipinski definition) is 3. The van der Waals surface area contributed by atoms with Crippen molar-refractivity contribution in [1.82, 2.24) is 9.88 Å². The van der Waals surface area contributed by atoms with Gasteiger partial charge in [-0.1, -0.05) is 6.92 Å². The fraction of sp³-hybridized carbons (Fsp3) is 0.533. The van der Waals surface area contributed by atoms with Crippen LogP contribution in [0.1, 0.15) is 59.1 Å². The minimum atomic E-state index is -1.03. The van der Waals surface area contributed by atoms with Gasteiger partial charge in [0.15, 0.2) is 0 Å². The van der Waals surface area contributed by atoms with E-state index in [1.54, 1.807) is 6.92 Å². The maximum atomic E-state index is 12.6. The number of aryl methyl sites for hydroxylation is 1. The Balaban J connectivity index is 2.30. The number of carbonyl (C=O) groups is 2. The molecular formula is C15H20N2O3. The summed E-state index contributed by atoms with van der Waals surface area (Å²) in [5, 5.41) is 9.07. The summed E-state index contributed by atoms with van der Waals surface area (Å²) in [6, 6.07) is 3.10. The molecule has 5 nitrogen and oxygen atoms in total. The number of aromatic carboxylic acids is 1. The van der Waals surface area contributed by atoms with Gasteiger partial charge in [-0.2, -0.15) is 0 Å². The van der Waals surface area contributed by atoms with Crippen LogP contribution in [-0.4, -0.2) is 39.5 Å². The summed E-state index contributed by atoms with van der Waals surface area (Å²) in [5.41, 5.74) is 0.909. The van der Waals surface area contributed by atoms with Crippen molar-refractivity contribution in [2.24, 2.45) is 0 Å². The lowest BCUT2D eigenvalue weighted by Crippen LogP contribution is -2.43. The summed E-state index contributed by atoms with van der Waals surface area (Å²) < 4.78 is 0. The zero-order valence-electron chi connectivity index (χ0n) is 11.9. The first-order chi connectivity index (χ1) is 9.52. The zero-order valence-corrected chi connectivity index (χ0v) is 11.9. The normalized spacial score (nSPS) is 18.9. The second-order valence-electron chi connectivity index (χ2n) is 5.24. The molecule has 1 N–H and O–H groups in total. The molecule has 2 heterocycles. The highest BCUT2D eigenvalue weighted by atomic mass is 16.4. The van der Waals surface area contributed by atoms with E-state index in [9.17, 15) is 9.59 Å². The number of aromatic nitrogens is 1. The number of pyridine rings is 1. The molecular weight excluding hydrogens is 256 g/mol. The van der Waals surface area contributed by atoms with Crippen LogP contribution in [0.2, 0.25) is 0 Å². The quantitative estimate of drug-likeness (QED) is 0.920. The van der Waals surface area contributed by atoms with E-state index in [-0.39, 0.29) is 23.2 Å². The lowest BCUT2D eigenvalue weighted by Gasteiger charge is -2.35. The van der Waals surface area contributed by atoms with Gasteiger partial charge in [0, 0.05) is 18.3 Å². The van der Waals surface area contributed by atoms with Crippen LogP contribution in [0.25, 0.3) is 0 Å². The standard InChI is InChI=1S/C15H20N2O3/c1-3-12-6-4-5-7-17(12)14(18)13-9-11(15(19)20)8-10(2)16-13/h8-9,12H,3-7H2,1-2H3,(H,19,20). The van der Waals surface area contributed by atoms with Gasteiger partial charge in [-0.15, -0.1) is 0 Å². The van der Waals surface area contributed by atoms with Crippen LogP contribution in [-0.2, 0) is 0 Å². The molecule has 0 aliphatic carbocycles. The van der Waals surface area contributed by atoms with Gasteiger partial charge >= 0.3 is 5.97 Å². The van der Waals surface area contributed by atoms with E-state index in [4.69, 9.17) is 5.11 Å². The Morgan fingerprint density at radius 2 is 2.15 bits per heavy atom. The fourth-order valence-corrected chi connectivity index (χ4v) is 2.74. The van der Waals surface area contributed by atoms with Crippen molar-refractivity contribution in [2.45, 2.75) is 45.6 Å². The Labute approximate surface area is 118 Å². The van der Waals surface area contributed by atoms with Crippen LogP contribution in [0.5, 0.6) is 0 Å². The first-order valence-electron chi connectivity index (χ1n) is 7.06. The molecule has 0 aromatic carbocycles. The second kappa shape index (κ2) is 6.03. The van der Waals surface area contributed by atoms with Crippen molar-refractivity contribution in [1.29, 1.82) is 0 Å². The minimum absolute atomic E-state index is 0.117. The Hall–Kier alpha value is -1.91. The average molecular weight is 276 g/mol. The van der Waals surface area contributed by atoms with Crippen LogP contribution >= 0.6 is 0 Å². The first-order valence-corrected chi connectivity index (χ1v) is 7.06. The summed E-state index contributed by atoms with van der Waals surface area (Å²) in [5.74, 6) is -1.18. The van der Waals surface area contributed by atoms with Gasteiger partial charge in [0.05, 0.1) is 5.56 Å². The number of carboxylic acids is 1. The SMILES string of the molecule is CCC1CCCCN1C(=O)c1cc(C(=O)O)cc(C)n1. The van der Waals surface area contributed by atoms with Crippen LogP contribution in [0.4, 0.5) is 0 Å². The maximum Gasteiger partial charge on any atom is 0.335 e. The summed E-state index contributed by atoms with van der Waals surface area (Å²) in [7, 11) is 0. The van der Waals surface area contributed by atoms with E-state index in [0.29, 0.717) is 5.69 Å². The summed E-state index contributed by atoms with van der Waals surface area (Å²) in [6.07, 6.45) is 4.08. The zero-order chi connectivity index (χ0) is 14.7. The highest BCUT2D eigenvalue weighted by molar-refractivity contribution is 5.96. The number of amides is 1. The molecule has 2 rings (SSSR count). The number of likely N-dealkylation sites (tertiary alicyclic amines) is 1. The van der Waals surface area contributed by atoms with Crippen molar-refractivity contribution >= 4 is 11.9 Å². The Morgan fingerprint density at radius 1 is 1.40 bits per heavy atom. The Kier molecular flexibility index (Phi) is 4.37. The van der Waals surface area contributed by atoms with Gasteiger partial charge in [-0.05, 0) is 44.7 Å². The molecule has 1 aliphatic heterocycles. The maximum absolute atomic E-state index is 12.6. The largest absolute Gasteiger partial charge is 0.478 e. The van der Waals surface area contributed by atoms with Crippen molar-refractivity contribution in [3.05, 3.63) is 29.1 Å². The van der Waals surface area contributed by atoms with E-state index >= 15 is 0 Å². The third-order valence-corrected chi connectivity index (χ3v) is 3.78. The van der Waals surface area contributed by atoms with Gasteiger partial charge in [-0.3, -0.25) is 4.79 Å². The topological polar surface area (TPSA) is 70.5 Å². The monoisotopic (exact) mass is 276 g/mol. The molecule has 0 bridgehead atoms. The molecule has 0 saturated carbocycles. The van der Waals surface area contributed by atoms with Crippen molar-refractivity contribution in [3.8, 4) is 0 Å². The molecule has 5 heteroatoms. The summed E-state index contributed by atoms with van der Waals surface area (Å²) in [6.45, 7) is 4.51. The van der Waals surface area contributed by atoms with E-state index < -0.39 is 5.97 Å². The molecule has 0 spiro atoms. The molecule has 20 heavy (non-hydrogen) atoms. The molecule has 1 aromatic rings. The predicted molar refractivity (Wildman–Crippen MR) is 74.9 cm³/mol. The van der Waals surface area contributed by atoms with Crippen molar-refractivity contribution in [3.63, 3.8) is 0 Å². The van der Waals surface area contributed by atoms with Crippen LogP contribution < -0.4 is 0 Å². The number of nitrogens with zero attached hydrogens (tertiary/aromatic N) is 2. The highest BCUT2D eigenvalue weighted by Crippen LogP contribution is 2.21. The number of piperidine rings is 1. The molecule has 1 saturated heterocycles. The molecule has 1 unspecified atom stereocenters. The third kappa shape index (κ3) is 2.98. The second-order valence-corrected chi connectivity index (χ2v) is 5.24. The predicted octanol–water partition coefficient (Wildman–Crippen LogP) is 2.49. The smallest absolute Gasteiger partial charge is 0.335 e. The van der Waals surface area contributed by atoms with E-state index in [1.165, 1.54) is 12.1 Å². The first kappa shape index (κ1) is 14.5. The van der Waals surface area contributed by atoms with Crippen LogP contribution in [0, 0.1) is 6.92 Å². The van der Waals surface area contributed by atoms with Gasteiger partial charge < -0.3 is 10.0 Å². The van der Waals surface area contributed by atoms with E-state index in [2.05, 4.69) is 11.9 Å². The molecule has 0 radical (unpaired) electrons. The molecule has 1 aromatic heterocycles. The van der Waals surface area contributed by atoms with Gasteiger partial charge in [0.2, 0.25) is 0 Å². The number of carbonyl (C=O) groups excluding carboxylic acids is 1. The number of carboxylic acid groups (broad SMARTS) is 1. The number of hydrogen-bond donors (Lipinski definition) is 1. The van der Waals surface area contributed by atoms with Gasteiger partial charge in [0.1, 0.15) is 5.69 Å². The number of rotatable bonds is 3. The summed E-state index contributed by atoms with van der Waals surface area (Å²) >= 11 is 0. The van der Waals surface area contributed by atoms with Crippen molar-refractivity contribution in [2.75, 3.05) is 6.54 Å². The van der Waals surface area contributed by atoms with E-state index in [0.717, 1.165) is 32.2 Å². The van der Waals surface area contributed by atoms with Gasteiger partial charge in [-0.25, -0.2) is 9.78 Å². The Bertz CT molecular complexity index is 528. The Morgan fingerprint density at radius 3 is 2.80 bits per heavy atom. The molecule has 1 aliphatic rings. The summed E-state index contributed by atoms with van der Waals surface area (Å²) in [4.78, 5) is 29.7. The van der Waals surface area contributed by atoms with Crippen LogP contribution in [0.15, 0.2) is 12.1 Å². The molecule has 1 amide bonds. The average Bonchev–Trinajstić information content (AvgIpc) is 2.45. The molecule has 1 fully saturated rings. The van der Waals surface area contributed by atoms with Crippen LogP contribution in [0.3, 0.4) is 0 Å². The van der Waals surface area contributed by atoms with E-state index in [1.807, 2.05) is 4.90 Å². The minimum Gasteiger partial charge on any atom is -0.478 e. The lowest BCUT2D eigenvalue weighted by molar-refractivity contribution is 0.0601. The molecule has 1 atom stereocenters. The fourth-order valence-electron chi connectivity index (χ4n) is 2.74. The highest BCUT2D eigenvalue weighted by Gasteiger charge is 2.27.